The number of rotatable bonds is 5. The van der Waals surface area contributed by atoms with Crippen molar-refractivity contribution < 1.29 is 9.72 Å². The van der Waals surface area contributed by atoms with Gasteiger partial charge in [-0.2, -0.15) is 0 Å². The van der Waals surface area contributed by atoms with E-state index in [2.05, 4.69) is 5.32 Å². The second-order valence-corrected chi connectivity index (χ2v) is 6.40. The zero-order valence-electron chi connectivity index (χ0n) is 13.3. The molecule has 1 amide bonds. The van der Waals surface area contributed by atoms with Crippen LogP contribution >= 0.6 is 11.8 Å². The minimum absolute atomic E-state index is 0.0879. The maximum absolute atomic E-state index is 12.1. The van der Waals surface area contributed by atoms with Crippen LogP contribution in [0.15, 0.2) is 41.3 Å². The first-order valence-corrected chi connectivity index (χ1v) is 8.10. The Labute approximate surface area is 139 Å². The summed E-state index contributed by atoms with van der Waals surface area (Å²) >= 11 is 1.42. The number of thioether (sulfide) groups is 1. The second-order valence-electron chi connectivity index (χ2n) is 5.38. The Bertz CT molecular complexity index is 759. The van der Waals surface area contributed by atoms with Crippen LogP contribution in [0.3, 0.4) is 0 Å². The van der Waals surface area contributed by atoms with E-state index in [9.17, 15) is 14.9 Å². The van der Waals surface area contributed by atoms with Crippen molar-refractivity contribution in [2.45, 2.75) is 25.7 Å². The fraction of sp³-hybridized carbons (Fsp3) is 0.235. The van der Waals surface area contributed by atoms with Crippen molar-refractivity contribution in [2.75, 3.05) is 11.1 Å². The molecule has 0 aliphatic heterocycles. The Kier molecular flexibility index (Phi) is 5.39. The van der Waals surface area contributed by atoms with E-state index in [1.165, 1.54) is 17.8 Å². The summed E-state index contributed by atoms with van der Waals surface area (Å²) < 4.78 is 0. The van der Waals surface area contributed by atoms with Gasteiger partial charge in [0.2, 0.25) is 5.91 Å². The highest BCUT2D eigenvalue weighted by Gasteiger charge is 2.16. The highest BCUT2D eigenvalue weighted by atomic mass is 32.2. The minimum Gasteiger partial charge on any atom is -0.320 e. The molecule has 0 heterocycles. The Morgan fingerprint density at radius 1 is 1.13 bits per heavy atom. The number of benzene rings is 2. The van der Waals surface area contributed by atoms with E-state index in [0.29, 0.717) is 0 Å². The molecule has 2 aromatic carbocycles. The van der Waals surface area contributed by atoms with Crippen molar-refractivity contribution in [1.82, 2.24) is 0 Å². The fourth-order valence-corrected chi connectivity index (χ4v) is 3.01. The van der Waals surface area contributed by atoms with Crippen LogP contribution in [0.1, 0.15) is 16.7 Å². The third-order valence-corrected chi connectivity index (χ3v) is 4.48. The van der Waals surface area contributed by atoms with Crippen molar-refractivity contribution in [3.8, 4) is 0 Å². The molecule has 2 aromatic rings. The molecule has 0 saturated carbocycles. The Balaban J connectivity index is 2.06. The third-order valence-electron chi connectivity index (χ3n) is 3.33. The summed E-state index contributed by atoms with van der Waals surface area (Å²) in [7, 11) is 0. The smallest absolute Gasteiger partial charge is 0.293 e. The van der Waals surface area contributed by atoms with E-state index in [1.54, 1.807) is 19.1 Å². The lowest BCUT2D eigenvalue weighted by atomic mass is 10.2. The maximum Gasteiger partial charge on any atom is 0.293 e. The normalized spacial score (nSPS) is 10.4. The highest BCUT2D eigenvalue weighted by Crippen LogP contribution is 2.27. The fourth-order valence-electron chi connectivity index (χ4n) is 2.09. The van der Waals surface area contributed by atoms with Crippen molar-refractivity contribution in [2.24, 2.45) is 0 Å². The number of hydrogen-bond acceptors (Lipinski definition) is 4. The van der Waals surface area contributed by atoms with Crippen LogP contribution in [0.5, 0.6) is 0 Å². The number of nitrogens with one attached hydrogen (secondary N) is 1. The van der Waals surface area contributed by atoms with E-state index in [1.807, 2.05) is 32.0 Å². The van der Waals surface area contributed by atoms with Gasteiger partial charge >= 0.3 is 0 Å². The number of carbonyl (C=O) groups is 1. The molecule has 0 aliphatic rings. The molecule has 120 valence electrons. The molecule has 0 atom stereocenters. The molecule has 0 bridgehead atoms. The lowest BCUT2D eigenvalue weighted by Gasteiger charge is -2.08. The number of nitrogens with zero attached hydrogens (tertiary/aromatic N) is 1. The summed E-state index contributed by atoms with van der Waals surface area (Å²) in [5.41, 5.74) is 3.16. The quantitative estimate of drug-likeness (QED) is 0.505. The molecular formula is C17H18N2O3S. The predicted octanol–water partition coefficient (Wildman–Crippen LogP) is 4.25. The van der Waals surface area contributed by atoms with Gasteiger partial charge in [-0.05, 0) is 44.0 Å². The molecule has 0 saturated heterocycles. The van der Waals surface area contributed by atoms with Crippen LogP contribution in [0.4, 0.5) is 11.4 Å². The Morgan fingerprint density at radius 2 is 1.78 bits per heavy atom. The van der Waals surface area contributed by atoms with Crippen molar-refractivity contribution in [1.29, 1.82) is 0 Å². The standard InChI is InChI=1S/C17H18N2O3S/c1-11-5-7-14(15(8-11)19(21)22)18-17(20)10-23-16-9-12(2)4-6-13(16)3/h4-9H,10H2,1-3H3,(H,18,20). The van der Waals surface area contributed by atoms with Crippen molar-refractivity contribution in [3.05, 3.63) is 63.2 Å². The number of carbonyl (C=O) groups excluding carboxylic acids is 1. The lowest BCUT2D eigenvalue weighted by molar-refractivity contribution is -0.384. The molecule has 0 aromatic heterocycles. The first-order valence-electron chi connectivity index (χ1n) is 7.12. The minimum atomic E-state index is -0.486. The van der Waals surface area contributed by atoms with Crippen LogP contribution in [-0.2, 0) is 4.79 Å². The van der Waals surface area contributed by atoms with E-state index in [0.717, 1.165) is 21.6 Å². The zero-order chi connectivity index (χ0) is 17.0. The number of anilines is 1. The molecular weight excluding hydrogens is 312 g/mol. The molecule has 1 N–H and O–H groups in total. The average Bonchev–Trinajstić information content (AvgIpc) is 2.49. The first-order chi connectivity index (χ1) is 10.9. The number of aryl methyl sites for hydroxylation is 3. The summed E-state index contributed by atoms with van der Waals surface area (Å²) in [4.78, 5) is 23.7. The molecule has 23 heavy (non-hydrogen) atoms. The number of nitro groups is 1. The number of amides is 1. The van der Waals surface area contributed by atoms with Gasteiger partial charge < -0.3 is 5.32 Å². The van der Waals surface area contributed by atoms with Gasteiger partial charge in [-0.3, -0.25) is 14.9 Å². The average molecular weight is 330 g/mol. The van der Waals surface area contributed by atoms with E-state index < -0.39 is 4.92 Å². The Morgan fingerprint density at radius 3 is 2.48 bits per heavy atom. The van der Waals surface area contributed by atoms with Gasteiger partial charge in [-0.25, -0.2) is 0 Å². The summed E-state index contributed by atoms with van der Waals surface area (Å²) in [5.74, 6) is -0.0575. The SMILES string of the molecule is Cc1ccc(C)c(SCC(=O)Nc2ccc(C)cc2[N+](=O)[O-])c1. The molecule has 0 radical (unpaired) electrons. The molecule has 5 nitrogen and oxygen atoms in total. The summed E-state index contributed by atoms with van der Waals surface area (Å²) in [6, 6.07) is 10.8. The summed E-state index contributed by atoms with van der Waals surface area (Å²) in [6.07, 6.45) is 0. The number of hydrogen-bond donors (Lipinski definition) is 1. The van der Waals surface area contributed by atoms with E-state index in [4.69, 9.17) is 0 Å². The van der Waals surface area contributed by atoms with Gasteiger partial charge in [-0.15, -0.1) is 11.8 Å². The van der Waals surface area contributed by atoms with Crippen LogP contribution in [0, 0.1) is 30.9 Å². The summed E-state index contributed by atoms with van der Waals surface area (Å²) in [5, 5.41) is 13.7. The van der Waals surface area contributed by atoms with E-state index >= 15 is 0 Å². The van der Waals surface area contributed by atoms with Gasteiger partial charge in [0.1, 0.15) is 5.69 Å². The maximum atomic E-state index is 12.1. The highest BCUT2D eigenvalue weighted by molar-refractivity contribution is 8.00. The van der Waals surface area contributed by atoms with Gasteiger partial charge in [0, 0.05) is 11.0 Å². The van der Waals surface area contributed by atoms with Crippen molar-refractivity contribution in [3.63, 3.8) is 0 Å². The summed E-state index contributed by atoms with van der Waals surface area (Å²) in [6.45, 7) is 5.76. The van der Waals surface area contributed by atoms with Crippen LogP contribution in [0.25, 0.3) is 0 Å². The molecule has 0 unspecified atom stereocenters. The van der Waals surface area contributed by atoms with Gasteiger partial charge in [-0.1, -0.05) is 23.8 Å². The molecule has 2 rings (SSSR count). The molecule has 0 spiro atoms. The molecule has 0 fully saturated rings. The first kappa shape index (κ1) is 17.0. The van der Waals surface area contributed by atoms with Crippen molar-refractivity contribution >= 4 is 29.0 Å². The predicted molar refractivity (Wildman–Crippen MR) is 93.1 cm³/mol. The second kappa shape index (κ2) is 7.28. The number of nitro benzene ring substituents is 1. The van der Waals surface area contributed by atoms with Gasteiger partial charge in [0.15, 0.2) is 0 Å². The zero-order valence-corrected chi connectivity index (χ0v) is 14.1. The van der Waals surface area contributed by atoms with Crippen LogP contribution < -0.4 is 5.32 Å². The largest absolute Gasteiger partial charge is 0.320 e. The van der Waals surface area contributed by atoms with Gasteiger partial charge in [0.05, 0.1) is 10.7 Å². The van der Waals surface area contributed by atoms with E-state index in [-0.39, 0.29) is 23.0 Å². The molecule has 0 aliphatic carbocycles. The monoisotopic (exact) mass is 330 g/mol. The third kappa shape index (κ3) is 4.56. The van der Waals surface area contributed by atoms with Crippen LogP contribution in [-0.4, -0.2) is 16.6 Å². The molecule has 6 heteroatoms. The topological polar surface area (TPSA) is 72.2 Å². The van der Waals surface area contributed by atoms with Crippen LogP contribution in [0.2, 0.25) is 0 Å². The lowest BCUT2D eigenvalue weighted by Crippen LogP contribution is -2.15. The van der Waals surface area contributed by atoms with Gasteiger partial charge in [0.25, 0.3) is 5.69 Å². The Hall–Kier alpha value is -2.34.